The fraction of sp³-hybridized carbons (Fsp3) is 0.526. The Morgan fingerprint density at radius 2 is 2.14 bits per heavy atom. The molecule has 0 unspecified atom stereocenters. The van der Waals surface area contributed by atoms with Gasteiger partial charge in [-0.05, 0) is 37.5 Å². The summed E-state index contributed by atoms with van der Waals surface area (Å²) < 4.78 is 16.1. The second-order valence-corrected chi connectivity index (χ2v) is 7.46. The van der Waals surface area contributed by atoms with Gasteiger partial charge in [-0.1, -0.05) is 6.07 Å². The van der Waals surface area contributed by atoms with Crippen LogP contribution < -0.4 is 20.1 Å². The van der Waals surface area contributed by atoms with Gasteiger partial charge in [0.15, 0.2) is 11.5 Å². The average Bonchev–Trinajstić information content (AvgIpc) is 3.38. The van der Waals surface area contributed by atoms with Gasteiger partial charge in [-0.3, -0.25) is 14.5 Å². The molecular formula is C19H23N3O6. The third-order valence-electron chi connectivity index (χ3n) is 5.19. The molecule has 0 bridgehead atoms. The maximum atomic E-state index is 12.9. The van der Waals surface area contributed by atoms with Crippen LogP contribution in [0.25, 0.3) is 0 Å². The van der Waals surface area contributed by atoms with Gasteiger partial charge in [-0.2, -0.15) is 0 Å². The molecule has 3 aliphatic heterocycles. The van der Waals surface area contributed by atoms with Gasteiger partial charge in [0.05, 0.1) is 6.10 Å². The standard InChI is InChI=1S/C19H23N3O6/c1-19(8-12-4-5-14-15(7-12)28-11-27-14)17(24)22(18(25)21-19)10-16(23)20-9-13-3-2-6-26-13/h4-5,7,13H,2-3,6,8-11H2,1H3,(H,20,23)(H,21,25)/t13-,19-/m0/s1. The number of hydrogen-bond acceptors (Lipinski definition) is 6. The summed E-state index contributed by atoms with van der Waals surface area (Å²) in [6.07, 6.45) is 2.16. The first kappa shape index (κ1) is 18.5. The van der Waals surface area contributed by atoms with Gasteiger partial charge in [0.25, 0.3) is 5.91 Å². The summed E-state index contributed by atoms with van der Waals surface area (Å²) in [5.41, 5.74) is -0.301. The third-order valence-corrected chi connectivity index (χ3v) is 5.19. The maximum Gasteiger partial charge on any atom is 0.325 e. The fourth-order valence-electron chi connectivity index (χ4n) is 3.70. The lowest BCUT2D eigenvalue weighted by Crippen LogP contribution is -2.47. The molecule has 0 saturated carbocycles. The number of carbonyl (C=O) groups is 3. The third kappa shape index (κ3) is 3.62. The number of fused-ring (bicyclic) bond motifs is 1. The highest BCUT2D eigenvalue weighted by molar-refractivity contribution is 6.08. The molecule has 150 valence electrons. The molecule has 1 aromatic carbocycles. The van der Waals surface area contributed by atoms with E-state index in [9.17, 15) is 14.4 Å². The average molecular weight is 389 g/mol. The van der Waals surface area contributed by atoms with Crippen LogP contribution in [0.15, 0.2) is 18.2 Å². The topological polar surface area (TPSA) is 106 Å². The van der Waals surface area contributed by atoms with Gasteiger partial charge < -0.3 is 24.8 Å². The van der Waals surface area contributed by atoms with Gasteiger partial charge in [0.2, 0.25) is 12.7 Å². The van der Waals surface area contributed by atoms with Crippen LogP contribution in [0, 0.1) is 0 Å². The second kappa shape index (κ2) is 7.31. The van der Waals surface area contributed by atoms with E-state index in [-0.39, 0.29) is 31.8 Å². The van der Waals surface area contributed by atoms with E-state index in [1.807, 2.05) is 6.07 Å². The van der Waals surface area contributed by atoms with E-state index in [4.69, 9.17) is 14.2 Å². The zero-order valence-electron chi connectivity index (χ0n) is 15.7. The van der Waals surface area contributed by atoms with Crippen molar-refractivity contribution in [3.8, 4) is 11.5 Å². The van der Waals surface area contributed by atoms with Crippen LogP contribution in [0.1, 0.15) is 25.3 Å². The lowest BCUT2D eigenvalue weighted by molar-refractivity contribution is -0.134. The Hall–Kier alpha value is -2.81. The Morgan fingerprint density at radius 1 is 1.32 bits per heavy atom. The van der Waals surface area contributed by atoms with Crippen molar-refractivity contribution in [1.29, 1.82) is 0 Å². The largest absolute Gasteiger partial charge is 0.454 e. The van der Waals surface area contributed by atoms with Gasteiger partial charge >= 0.3 is 6.03 Å². The van der Waals surface area contributed by atoms with E-state index in [0.29, 0.717) is 24.7 Å². The van der Waals surface area contributed by atoms with Crippen molar-refractivity contribution in [1.82, 2.24) is 15.5 Å². The Balaban J connectivity index is 1.37. The lowest BCUT2D eigenvalue weighted by Gasteiger charge is -2.22. The number of hydrogen-bond donors (Lipinski definition) is 2. The monoisotopic (exact) mass is 389 g/mol. The Kier molecular flexibility index (Phi) is 4.84. The van der Waals surface area contributed by atoms with Crippen LogP contribution >= 0.6 is 0 Å². The van der Waals surface area contributed by atoms with Crippen LogP contribution in [0.4, 0.5) is 4.79 Å². The van der Waals surface area contributed by atoms with Gasteiger partial charge in [0.1, 0.15) is 12.1 Å². The minimum Gasteiger partial charge on any atom is -0.454 e. The molecule has 9 nitrogen and oxygen atoms in total. The Morgan fingerprint density at radius 3 is 2.93 bits per heavy atom. The number of carbonyl (C=O) groups excluding carboxylic acids is 3. The van der Waals surface area contributed by atoms with Crippen LogP contribution in [0.3, 0.4) is 0 Å². The second-order valence-electron chi connectivity index (χ2n) is 7.46. The molecule has 2 atom stereocenters. The predicted molar refractivity (Wildman–Crippen MR) is 96.9 cm³/mol. The SMILES string of the molecule is C[C@@]1(Cc2ccc3c(c2)OCO3)NC(=O)N(CC(=O)NC[C@@H]2CCCO2)C1=O. The first-order chi connectivity index (χ1) is 13.4. The zero-order chi connectivity index (χ0) is 19.7. The minimum atomic E-state index is -1.13. The van der Waals surface area contributed by atoms with Crippen molar-refractivity contribution < 1.29 is 28.6 Å². The molecule has 1 aromatic rings. The van der Waals surface area contributed by atoms with E-state index < -0.39 is 17.5 Å². The summed E-state index contributed by atoms with van der Waals surface area (Å²) in [5, 5.41) is 5.44. The molecule has 0 spiro atoms. The molecule has 2 fully saturated rings. The number of amides is 4. The van der Waals surface area contributed by atoms with E-state index >= 15 is 0 Å². The van der Waals surface area contributed by atoms with E-state index in [1.54, 1.807) is 19.1 Å². The molecule has 0 aromatic heterocycles. The molecule has 0 radical (unpaired) electrons. The number of urea groups is 1. The van der Waals surface area contributed by atoms with Crippen molar-refractivity contribution in [2.24, 2.45) is 0 Å². The fourth-order valence-corrected chi connectivity index (χ4v) is 3.70. The van der Waals surface area contributed by atoms with E-state index in [0.717, 1.165) is 23.3 Å². The van der Waals surface area contributed by atoms with Crippen molar-refractivity contribution in [2.45, 2.75) is 37.8 Å². The maximum absolute atomic E-state index is 12.9. The summed E-state index contributed by atoms with van der Waals surface area (Å²) in [7, 11) is 0. The number of benzene rings is 1. The van der Waals surface area contributed by atoms with E-state index in [2.05, 4.69) is 10.6 Å². The first-order valence-electron chi connectivity index (χ1n) is 9.35. The normalized spacial score (nSPS) is 25.9. The van der Waals surface area contributed by atoms with Gasteiger partial charge in [-0.25, -0.2) is 4.79 Å². The predicted octanol–water partition coefficient (Wildman–Crippen LogP) is 0.563. The minimum absolute atomic E-state index is 0.00308. The number of nitrogens with one attached hydrogen (secondary N) is 2. The summed E-state index contributed by atoms with van der Waals surface area (Å²) in [6.45, 7) is 2.60. The molecule has 3 aliphatic rings. The van der Waals surface area contributed by atoms with Crippen molar-refractivity contribution >= 4 is 17.8 Å². The van der Waals surface area contributed by atoms with Crippen LogP contribution in [-0.4, -0.2) is 60.9 Å². The molecule has 4 amide bonds. The Bertz CT molecular complexity index is 807. The van der Waals surface area contributed by atoms with Crippen LogP contribution in [0.5, 0.6) is 11.5 Å². The summed E-state index contributed by atoms with van der Waals surface area (Å²) in [4.78, 5) is 38.3. The number of rotatable bonds is 6. The zero-order valence-corrected chi connectivity index (χ0v) is 15.7. The molecule has 28 heavy (non-hydrogen) atoms. The van der Waals surface area contributed by atoms with Crippen LogP contribution in [-0.2, 0) is 20.7 Å². The first-order valence-corrected chi connectivity index (χ1v) is 9.35. The van der Waals surface area contributed by atoms with Crippen LogP contribution in [0.2, 0.25) is 0 Å². The summed E-state index contributed by atoms with van der Waals surface area (Å²) >= 11 is 0. The molecule has 3 heterocycles. The van der Waals surface area contributed by atoms with Crippen molar-refractivity contribution in [3.63, 3.8) is 0 Å². The van der Waals surface area contributed by atoms with Crippen molar-refractivity contribution in [3.05, 3.63) is 23.8 Å². The van der Waals surface area contributed by atoms with Crippen molar-refractivity contribution in [2.75, 3.05) is 26.5 Å². The summed E-state index contributed by atoms with van der Waals surface area (Å²) in [5.74, 6) is 0.456. The lowest BCUT2D eigenvalue weighted by atomic mass is 9.92. The molecule has 9 heteroatoms. The highest BCUT2D eigenvalue weighted by Crippen LogP contribution is 2.34. The van der Waals surface area contributed by atoms with Gasteiger partial charge in [-0.15, -0.1) is 0 Å². The van der Waals surface area contributed by atoms with Gasteiger partial charge in [0, 0.05) is 19.6 Å². The number of imide groups is 1. The van der Waals surface area contributed by atoms with E-state index in [1.165, 1.54) is 0 Å². The summed E-state index contributed by atoms with van der Waals surface area (Å²) in [6, 6.07) is 4.83. The molecule has 4 rings (SSSR count). The quantitative estimate of drug-likeness (QED) is 0.689. The molecule has 0 aliphatic carbocycles. The molecule has 2 N–H and O–H groups in total. The number of ether oxygens (including phenoxy) is 3. The number of nitrogens with zero attached hydrogens (tertiary/aromatic N) is 1. The highest BCUT2D eigenvalue weighted by atomic mass is 16.7. The highest BCUT2D eigenvalue weighted by Gasteiger charge is 2.48. The smallest absolute Gasteiger partial charge is 0.325 e. The Labute approximate surface area is 162 Å². The molecular weight excluding hydrogens is 366 g/mol. The molecule has 2 saturated heterocycles.